The molecule has 0 aliphatic carbocycles. The molecule has 0 saturated heterocycles. The summed E-state index contributed by atoms with van der Waals surface area (Å²) in [6.45, 7) is 5.89. The molecule has 2 aromatic rings. The molecule has 1 heterocycles. The smallest absolute Gasteiger partial charge is 0.282 e. The fourth-order valence-corrected chi connectivity index (χ4v) is 3.02. The van der Waals surface area contributed by atoms with Crippen molar-refractivity contribution < 1.29 is 14.5 Å². The van der Waals surface area contributed by atoms with E-state index in [1.54, 1.807) is 6.92 Å². The Hall–Kier alpha value is -2.48. The van der Waals surface area contributed by atoms with Crippen molar-refractivity contribution in [2.75, 3.05) is 7.11 Å². The number of nitrogens with one attached hydrogen (secondary N) is 1. The van der Waals surface area contributed by atoms with Gasteiger partial charge >= 0.3 is 0 Å². The number of hydrogen-bond donors (Lipinski definition) is 1. The van der Waals surface area contributed by atoms with Gasteiger partial charge < -0.3 is 10.1 Å². The van der Waals surface area contributed by atoms with Crippen LogP contribution in [0.2, 0.25) is 0 Å². The zero-order chi connectivity index (χ0) is 17.9. The number of hydrogen-bond acceptors (Lipinski definition) is 6. The van der Waals surface area contributed by atoms with Crippen LogP contribution in [0.3, 0.4) is 0 Å². The second-order valence-electron chi connectivity index (χ2n) is 5.60. The van der Waals surface area contributed by atoms with Gasteiger partial charge in [0, 0.05) is 17.4 Å². The lowest BCUT2D eigenvalue weighted by atomic mass is 10.1. The van der Waals surface area contributed by atoms with Gasteiger partial charge in [-0.2, -0.15) is 0 Å². The molecule has 1 aromatic carbocycles. The van der Waals surface area contributed by atoms with Crippen LogP contribution in [0.5, 0.6) is 5.75 Å². The number of nitro benzene ring substituents is 1. The molecule has 24 heavy (non-hydrogen) atoms. The van der Waals surface area contributed by atoms with Gasteiger partial charge in [0.2, 0.25) is 0 Å². The Balaban J connectivity index is 2.23. The third-order valence-corrected chi connectivity index (χ3v) is 4.63. The molecule has 2 rings (SSSR count). The molecule has 0 fully saturated rings. The van der Waals surface area contributed by atoms with Crippen LogP contribution in [0.4, 0.5) is 5.69 Å². The lowest BCUT2D eigenvalue weighted by Crippen LogP contribution is -2.27. The molecule has 0 aliphatic heterocycles. The number of amides is 1. The SMILES string of the molecule is COc1ccc([N+](=O)[O-])c(C(=O)N[C@@H](C)c2csc(C(C)C)n2)c1. The van der Waals surface area contributed by atoms with Gasteiger partial charge in [0.15, 0.2) is 0 Å². The normalized spacial score (nSPS) is 12.0. The van der Waals surface area contributed by atoms with Gasteiger partial charge in [0.1, 0.15) is 11.3 Å². The van der Waals surface area contributed by atoms with Gasteiger partial charge in [0.05, 0.1) is 28.8 Å². The fourth-order valence-electron chi connectivity index (χ4n) is 2.10. The second-order valence-corrected chi connectivity index (χ2v) is 6.49. The van der Waals surface area contributed by atoms with Crippen LogP contribution in [0.25, 0.3) is 0 Å². The first-order valence-corrected chi connectivity index (χ1v) is 8.30. The van der Waals surface area contributed by atoms with Crippen LogP contribution in [0.1, 0.15) is 53.8 Å². The maximum atomic E-state index is 12.5. The molecule has 128 valence electrons. The molecule has 1 atom stereocenters. The predicted molar refractivity (Wildman–Crippen MR) is 91.7 cm³/mol. The summed E-state index contributed by atoms with van der Waals surface area (Å²) in [5.74, 6) is 0.160. The molecule has 7 nitrogen and oxygen atoms in total. The number of methoxy groups -OCH3 is 1. The minimum Gasteiger partial charge on any atom is -0.497 e. The molecule has 0 radical (unpaired) electrons. The number of benzene rings is 1. The molecule has 1 amide bonds. The summed E-state index contributed by atoms with van der Waals surface area (Å²) in [5, 5.41) is 16.8. The summed E-state index contributed by atoms with van der Waals surface area (Å²) >= 11 is 1.53. The highest BCUT2D eigenvalue weighted by atomic mass is 32.1. The highest BCUT2D eigenvalue weighted by Crippen LogP contribution is 2.26. The maximum absolute atomic E-state index is 12.5. The van der Waals surface area contributed by atoms with Gasteiger partial charge in [-0.3, -0.25) is 14.9 Å². The number of aromatic nitrogens is 1. The molecule has 1 aromatic heterocycles. The van der Waals surface area contributed by atoms with Crippen LogP contribution in [0.15, 0.2) is 23.6 Å². The molecule has 0 bridgehead atoms. The van der Waals surface area contributed by atoms with Gasteiger partial charge in [-0.05, 0) is 19.1 Å². The van der Waals surface area contributed by atoms with Crippen molar-refractivity contribution >= 4 is 22.9 Å². The molecule has 8 heteroatoms. The summed E-state index contributed by atoms with van der Waals surface area (Å²) in [5.41, 5.74) is 0.440. The molecule has 0 aliphatic rings. The second kappa shape index (κ2) is 7.39. The average Bonchev–Trinajstić information content (AvgIpc) is 3.04. The van der Waals surface area contributed by atoms with E-state index in [-0.39, 0.29) is 17.3 Å². The quantitative estimate of drug-likeness (QED) is 0.634. The Morgan fingerprint density at radius 3 is 2.62 bits per heavy atom. The summed E-state index contributed by atoms with van der Waals surface area (Å²) in [6, 6.07) is 3.72. The lowest BCUT2D eigenvalue weighted by Gasteiger charge is -2.12. The highest BCUT2D eigenvalue weighted by Gasteiger charge is 2.23. The Kier molecular flexibility index (Phi) is 5.50. The average molecular weight is 349 g/mol. The van der Waals surface area contributed by atoms with Gasteiger partial charge in [0.25, 0.3) is 11.6 Å². The van der Waals surface area contributed by atoms with E-state index >= 15 is 0 Å². The van der Waals surface area contributed by atoms with Crippen LogP contribution < -0.4 is 10.1 Å². The minimum absolute atomic E-state index is 0.0366. The first-order chi connectivity index (χ1) is 11.3. The van der Waals surface area contributed by atoms with Gasteiger partial charge in [-0.25, -0.2) is 4.98 Å². The third-order valence-electron chi connectivity index (χ3n) is 3.47. The number of rotatable bonds is 6. The van der Waals surface area contributed by atoms with E-state index in [0.29, 0.717) is 11.7 Å². The molecular weight excluding hydrogens is 330 g/mol. The molecular formula is C16H19N3O4S. The monoisotopic (exact) mass is 349 g/mol. The zero-order valence-corrected chi connectivity index (χ0v) is 14.7. The zero-order valence-electron chi connectivity index (χ0n) is 13.9. The van der Waals surface area contributed by atoms with Crippen molar-refractivity contribution in [3.8, 4) is 5.75 Å². The first kappa shape index (κ1) is 17.9. The number of nitro groups is 1. The molecule has 1 N–H and O–H groups in total. The van der Waals surface area contributed by atoms with E-state index in [1.807, 2.05) is 19.2 Å². The molecule has 0 unspecified atom stereocenters. The van der Waals surface area contributed by atoms with Gasteiger partial charge in [-0.1, -0.05) is 13.8 Å². The van der Waals surface area contributed by atoms with Gasteiger partial charge in [-0.15, -0.1) is 11.3 Å². The topological polar surface area (TPSA) is 94.4 Å². The van der Waals surface area contributed by atoms with E-state index in [0.717, 1.165) is 10.7 Å². The van der Waals surface area contributed by atoms with Crippen LogP contribution in [0, 0.1) is 10.1 Å². The van der Waals surface area contributed by atoms with Crippen molar-refractivity contribution in [1.82, 2.24) is 10.3 Å². The predicted octanol–water partition coefficient (Wildman–Crippen LogP) is 3.67. The number of thiazole rings is 1. The van der Waals surface area contributed by atoms with E-state index in [9.17, 15) is 14.9 Å². The van der Waals surface area contributed by atoms with Crippen LogP contribution in [-0.2, 0) is 0 Å². The number of ether oxygens (including phenoxy) is 1. The van der Waals surface area contributed by atoms with E-state index in [1.165, 1.54) is 36.6 Å². The van der Waals surface area contributed by atoms with E-state index in [2.05, 4.69) is 10.3 Å². The van der Waals surface area contributed by atoms with E-state index in [4.69, 9.17) is 4.74 Å². The summed E-state index contributed by atoms with van der Waals surface area (Å²) in [4.78, 5) is 27.5. The Morgan fingerprint density at radius 1 is 1.38 bits per heavy atom. The lowest BCUT2D eigenvalue weighted by molar-refractivity contribution is -0.385. The third kappa shape index (κ3) is 3.88. The Bertz CT molecular complexity index is 758. The summed E-state index contributed by atoms with van der Waals surface area (Å²) in [7, 11) is 1.44. The van der Waals surface area contributed by atoms with Crippen LogP contribution in [-0.4, -0.2) is 22.9 Å². The van der Waals surface area contributed by atoms with Crippen molar-refractivity contribution in [2.45, 2.75) is 32.7 Å². The number of carbonyl (C=O) groups excluding carboxylic acids is 1. The maximum Gasteiger partial charge on any atom is 0.282 e. The van der Waals surface area contributed by atoms with Crippen molar-refractivity contribution in [2.24, 2.45) is 0 Å². The minimum atomic E-state index is -0.585. The highest BCUT2D eigenvalue weighted by molar-refractivity contribution is 7.09. The van der Waals surface area contributed by atoms with E-state index < -0.39 is 10.8 Å². The number of nitrogens with zero attached hydrogens (tertiary/aromatic N) is 2. The Morgan fingerprint density at radius 2 is 2.08 bits per heavy atom. The summed E-state index contributed by atoms with van der Waals surface area (Å²) in [6.07, 6.45) is 0. The number of carbonyl (C=O) groups is 1. The van der Waals surface area contributed by atoms with Crippen LogP contribution >= 0.6 is 11.3 Å². The first-order valence-electron chi connectivity index (χ1n) is 7.42. The van der Waals surface area contributed by atoms with Crippen molar-refractivity contribution in [3.63, 3.8) is 0 Å². The van der Waals surface area contributed by atoms with Crippen molar-refractivity contribution in [3.05, 3.63) is 50.0 Å². The van der Waals surface area contributed by atoms with Crippen molar-refractivity contribution in [1.29, 1.82) is 0 Å². The standard InChI is InChI=1S/C16H19N3O4S/c1-9(2)16-18-13(8-24-16)10(3)17-15(20)12-7-11(23-4)5-6-14(12)19(21)22/h5-10H,1-4H3,(H,17,20)/t10-/m0/s1. The molecule has 0 saturated carbocycles. The summed E-state index contributed by atoms with van der Waals surface area (Å²) < 4.78 is 5.05. The largest absolute Gasteiger partial charge is 0.497 e. The molecule has 0 spiro atoms. The Labute approximate surface area is 143 Å². The fraction of sp³-hybridized carbons (Fsp3) is 0.375.